The first kappa shape index (κ1) is 15.2. The number of rotatable bonds is 7. The second-order valence-corrected chi connectivity index (χ2v) is 4.38. The van der Waals surface area contributed by atoms with Gasteiger partial charge in [0.15, 0.2) is 5.78 Å². The molecule has 1 amide bonds. The molecule has 104 valence electrons. The van der Waals surface area contributed by atoms with Crippen molar-refractivity contribution < 1.29 is 14.3 Å². The minimum absolute atomic E-state index is 0.00165. The van der Waals surface area contributed by atoms with Gasteiger partial charge in [-0.15, -0.1) is 0 Å². The number of carbonyl (C=O) groups is 2. The highest BCUT2D eigenvalue weighted by atomic mass is 16.5. The summed E-state index contributed by atoms with van der Waals surface area (Å²) in [5, 5.41) is 0. The SMILES string of the molecule is CCCC(=O)N(C)CC(=O)c1ccc(OCC)cc1. The molecule has 0 aliphatic heterocycles. The lowest BCUT2D eigenvalue weighted by molar-refractivity contribution is -0.129. The van der Waals surface area contributed by atoms with E-state index in [1.54, 1.807) is 31.3 Å². The predicted molar refractivity (Wildman–Crippen MR) is 74.5 cm³/mol. The summed E-state index contributed by atoms with van der Waals surface area (Å²) < 4.78 is 5.32. The Kier molecular flexibility index (Phi) is 6.06. The van der Waals surface area contributed by atoms with Gasteiger partial charge in [-0.1, -0.05) is 6.92 Å². The number of benzene rings is 1. The molecule has 0 aliphatic carbocycles. The Hall–Kier alpha value is -1.84. The largest absolute Gasteiger partial charge is 0.494 e. The van der Waals surface area contributed by atoms with Gasteiger partial charge in [-0.2, -0.15) is 0 Å². The molecular formula is C15H21NO3. The summed E-state index contributed by atoms with van der Waals surface area (Å²) in [4.78, 5) is 25.1. The first-order chi connectivity index (χ1) is 9.08. The second-order valence-electron chi connectivity index (χ2n) is 4.38. The van der Waals surface area contributed by atoms with Crippen LogP contribution in [0.2, 0.25) is 0 Å². The van der Waals surface area contributed by atoms with Crippen LogP contribution < -0.4 is 4.74 Å². The fourth-order valence-corrected chi connectivity index (χ4v) is 1.70. The minimum Gasteiger partial charge on any atom is -0.494 e. The normalized spacial score (nSPS) is 10.1. The molecule has 4 nitrogen and oxygen atoms in total. The maximum atomic E-state index is 12.0. The van der Waals surface area contributed by atoms with Gasteiger partial charge in [0.2, 0.25) is 5.91 Å². The van der Waals surface area contributed by atoms with Gasteiger partial charge in [0.25, 0.3) is 0 Å². The third-order valence-electron chi connectivity index (χ3n) is 2.76. The standard InChI is InChI=1S/C15H21NO3/c1-4-6-15(18)16(3)11-14(17)12-7-9-13(10-8-12)19-5-2/h7-10H,4-6,11H2,1-3H3. The lowest BCUT2D eigenvalue weighted by Crippen LogP contribution is -2.31. The third-order valence-corrected chi connectivity index (χ3v) is 2.76. The van der Waals surface area contributed by atoms with Crippen LogP contribution in [0.25, 0.3) is 0 Å². The van der Waals surface area contributed by atoms with E-state index in [1.807, 2.05) is 13.8 Å². The molecule has 0 saturated carbocycles. The molecule has 0 spiro atoms. The van der Waals surface area contributed by atoms with Crippen LogP contribution in [0.15, 0.2) is 24.3 Å². The molecule has 1 aromatic rings. The Morgan fingerprint density at radius 1 is 1.16 bits per heavy atom. The number of carbonyl (C=O) groups excluding carboxylic acids is 2. The van der Waals surface area contributed by atoms with Gasteiger partial charge in [-0.25, -0.2) is 0 Å². The van der Waals surface area contributed by atoms with E-state index in [4.69, 9.17) is 4.74 Å². The quantitative estimate of drug-likeness (QED) is 0.710. The first-order valence-electron chi connectivity index (χ1n) is 6.58. The molecule has 1 aromatic carbocycles. The zero-order valence-corrected chi connectivity index (χ0v) is 11.8. The van der Waals surface area contributed by atoms with Gasteiger partial charge < -0.3 is 9.64 Å². The van der Waals surface area contributed by atoms with Crippen LogP contribution in [0.3, 0.4) is 0 Å². The van der Waals surface area contributed by atoms with Crippen molar-refractivity contribution in [3.63, 3.8) is 0 Å². The molecule has 0 heterocycles. The summed E-state index contributed by atoms with van der Waals surface area (Å²) in [6.45, 7) is 4.57. The van der Waals surface area contributed by atoms with E-state index in [-0.39, 0.29) is 18.2 Å². The molecule has 0 radical (unpaired) electrons. The van der Waals surface area contributed by atoms with E-state index in [0.29, 0.717) is 18.6 Å². The fraction of sp³-hybridized carbons (Fsp3) is 0.467. The first-order valence-corrected chi connectivity index (χ1v) is 6.58. The van der Waals surface area contributed by atoms with Crippen molar-refractivity contribution in [2.45, 2.75) is 26.7 Å². The van der Waals surface area contributed by atoms with Gasteiger partial charge in [0.1, 0.15) is 5.75 Å². The van der Waals surface area contributed by atoms with Crippen molar-refractivity contribution in [3.8, 4) is 5.75 Å². The number of amides is 1. The summed E-state index contributed by atoms with van der Waals surface area (Å²) in [5.74, 6) is 0.686. The Labute approximate surface area is 114 Å². The number of nitrogens with zero attached hydrogens (tertiary/aromatic N) is 1. The lowest BCUT2D eigenvalue weighted by Gasteiger charge is -2.16. The molecule has 0 unspecified atom stereocenters. The molecule has 0 aromatic heterocycles. The molecule has 0 fully saturated rings. The predicted octanol–water partition coefficient (Wildman–Crippen LogP) is 2.53. The molecule has 0 aliphatic rings. The van der Waals surface area contributed by atoms with Crippen LogP contribution in [0, 0.1) is 0 Å². The number of Topliss-reactive ketones (excluding diaryl/α,β-unsaturated/α-hetero) is 1. The highest BCUT2D eigenvalue weighted by Gasteiger charge is 2.13. The van der Waals surface area contributed by atoms with E-state index in [0.717, 1.165) is 12.2 Å². The summed E-state index contributed by atoms with van der Waals surface area (Å²) in [5.41, 5.74) is 0.597. The Balaban J connectivity index is 2.60. The summed E-state index contributed by atoms with van der Waals surface area (Å²) in [6, 6.07) is 6.99. The summed E-state index contributed by atoms with van der Waals surface area (Å²) in [6.07, 6.45) is 1.27. The maximum Gasteiger partial charge on any atom is 0.222 e. The van der Waals surface area contributed by atoms with Crippen LogP contribution in [0.4, 0.5) is 0 Å². The zero-order chi connectivity index (χ0) is 14.3. The minimum atomic E-state index is -0.0602. The van der Waals surface area contributed by atoms with Gasteiger partial charge in [-0.3, -0.25) is 9.59 Å². The number of likely N-dealkylation sites (N-methyl/N-ethyl adjacent to an activating group) is 1. The van der Waals surface area contributed by atoms with Crippen LogP contribution in [-0.4, -0.2) is 36.8 Å². The smallest absolute Gasteiger partial charge is 0.222 e. The summed E-state index contributed by atoms with van der Waals surface area (Å²) >= 11 is 0. The van der Waals surface area contributed by atoms with Crippen LogP contribution >= 0.6 is 0 Å². The number of hydrogen-bond acceptors (Lipinski definition) is 3. The number of ketones is 1. The summed E-state index contributed by atoms with van der Waals surface area (Å²) in [7, 11) is 1.66. The highest BCUT2D eigenvalue weighted by molar-refractivity contribution is 5.99. The molecule has 0 saturated heterocycles. The number of hydrogen-bond donors (Lipinski definition) is 0. The van der Waals surface area contributed by atoms with Gasteiger partial charge >= 0.3 is 0 Å². The monoisotopic (exact) mass is 263 g/mol. The molecule has 0 N–H and O–H groups in total. The maximum absolute atomic E-state index is 12.0. The second kappa shape index (κ2) is 7.56. The van der Waals surface area contributed by atoms with Crippen molar-refractivity contribution in [1.29, 1.82) is 0 Å². The van der Waals surface area contributed by atoms with Gasteiger partial charge in [0.05, 0.1) is 13.2 Å². The Bertz CT molecular complexity index is 426. The topological polar surface area (TPSA) is 46.6 Å². The van der Waals surface area contributed by atoms with E-state index >= 15 is 0 Å². The highest BCUT2D eigenvalue weighted by Crippen LogP contribution is 2.12. The molecule has 0 bridgehead atoms. The molecule has 1 rings (SSSR count). The van der Waals surface area contributed by atoms with Crippen LogP contribution in [0.1, 0.15) is 37.0 Å². The zero-order valence-electron chi connectivity index (χ0n) is 11.8. The average molecular weight is 263 g/mol. The van der Waals surface area contributed by atoms with Crippen molar-refractivity contribution >= 4 is 11.7 Å². The molecule has 0 atom stereocenters. The van der Waals surface area contributed by atoms with Gasteiger partial charge in [0, 0.05) is 19.0 Å². The Morgan fingerprint density at radius 2 is 1.79 bits per heavy atom. The van der Waals surface area contributed by atoms with Crippen LogP contribution in [0.5, 0.6) is 5.75 Å². The average Bonchev–Trinajstić information content (AvgIpc) is 2.40. The van der Waals surface area contributed by atoms with Crippen molar-refractivity contribution in [3.05, 3.63) is 29.8 Å². The van der Waals surface area contributed by atoms with Crippen LogP contribution in [-0.2, 0) is 4.79 Å². The molecule has 4 heteroatoms. The van der Waals surface area contributed by atoms with E-state index in [1.165, 1.54) is 4.90 Å². The van der Waals surface area contributed by atoms with Crippen molar-refractivity contribution in [2.75, 3.05) is 20.2 Å². The fourth-order valence-electron chi connectivity index (χ4n) is 1.70. The lowest BCUT2D eigenvalue weighted by atomic mass is 10.1. The van der Waals surface area contributed by atoms with E-state index in [9.17, 15) is 9.59 Å². The molecule has 19 heavy (non-hydrogen) atoms. The van der Waals surface area contributed by atoms with E-state index < -0.39 is 0 Å². The van der Waals surface area contributed by atoms with Crippen molar-refractivity contribution in [1.82, 2.24) is 4.90 Å². The van der Waals surface area contributed by atoms with E-state index in [2.05, 4.69) is 0 Å². The number of ether oxygens (including phenoxy) is 1. The molecular weight excluding hydrogens is 242 g/mol. The van der Waals surface area contributed by atoms with Gasteiger partial charge in [-0.05, 0) is 37.6 Å². The Morgan fingerprint density at radius 3 is 2.32 bits per heavy atom. The van der Waals surface area contributed by atoms with Crippen molar-refractivity contribution in [2.24, 2.45) is 0 Å². The third kappa shape index (κ3) is 4.73.